The third-order valence-electron chi connectivity index (χ3n) is 7.89. The Labute approximate surface area is 291 Å². The Hall–Kier alpha value is -4.66. The highest BCUT2D eigenvalue weighted by Crippen LogP contribution is 2.22. The number of aliphatic hydroxyl groups excluding tert-OH is 1. The number of hydrogen-bond acceptors (Lipinski definition) is 8. The number of halogens is 2. The predicted molar refractivity (Wildman–Crippen MR) is 185 cm³/mol. The van der Waals surface area contributed by atoms with E-state index in [2.05, 4.69) is 20.3 Å². The number of benzene rings is 3. The minimum Gasteiger partial charge on any atom is -0.450 e. The molecule has 0 fully saturated rings. The molecule has 0 bridgehead atoms. The standard InChI is InChI=1S/C36H43F2N5O6S/c1-4-10-43(11-5-2)36(46)28-16-27(17-31(18-28)42-50(47,48)34-22-49-23-40-34)35(45)41-32(15-26-13-29(37)19-30(38)14-26)33(44)21-39-20-25-9-7-8-24(6-3)12-25/h7-9,12-14,16-19,22-23,32-33,39,42,44H,4-6,10-11,15,20-21H2,1-3H3,(H,41,45)/t32-,33+/m0/s1. The van der Waals surface area contributed by atoms with Crippen LogP contribution >= 0.6 is 0 Å². The maximum atomic E-state index is 14.1. The average molecular weight is 712 g/mol. The number of anilines is 1. The highest BCUT2D eigenvalue weighted by atomic mass is 32.2. The minimum absolute atomic E-state index is 0.0172. The highest BCUT2D eigenvalue weighted by molar-refractivity contribution is 7.92. The molecule has 0 radical (unpaired) electrons. The number of carbonyl (C=O) groups excluding carboxylic acids is 2. The number of aromatic nitrogens is 1. The van der Waals surface area contributed by atoms with Gasteiger partial charge in [-0.3, -0.25) is 14.3 Å². The molecule has 0 aliphatic carbocycles. The Morgan fingerprint density at radius 1 is 0.920 bits per heavy atom. The zero-order chi connectivity index (χ0) is 36.3. The Kier molecular flexibility index (Phi) is 13.6. The average Bonchev–Trinajstić information content (AvgIpc) is 3.63. The van der Waals surface area contributed by atoms with Crippen LogP contribution in [-0.2, 0) is 29.4 Å². The van der Waals surface area contributed by atoms with Crippen LogP contribution in [-0.4, -0.2) is 67.0 Å². The largest absolute Gasteiger partial charge is 0.450 e. The Morgan fingerprint density at radius 3 is 2.24 bits per heavy atom. The SMILES string of the molecule is CCCN(CCC)C(=O)c1cc(NS(=O)(=O)c2cocn2)cc(C(=O)N[C@@H](Cc2cc(F)cc(F)c2)[C@H](O)CNCc2cccc(CC)c2)c1. The fourth-order valence-corrected chi connectivity index (χ4v) is 6.40. The quantitative estimate of drug-likeness (QED) is 0.112. The van der Waals surface area contributed by atoms with Gasteiger partial charge in [0.05, 0.1) is 17.8 Å². The van der Waals surface area contributed by atoms with Gasteiger partial charge < -0.3 is 25.1 Å². The third-order valence-corrected chi connectivity index (χ3v) is 9.15. The van der Waals surface area contributed by atoms with Gasteiger partial charge in [-0.15, -0.1) is 0 Å². The lowest BCUT2D eigenvalue weighted by atomic mass is 9.99. The molecular weight excluding hydrogens is 668 g/mol. The molecule has 0 aliphatic heterocycles. The first-order chi connectivity index (χ1) is 23.9. The molecule has 4 aromatic rings. The molecule has 2 atom stereocenters. The maximum Gasteiger partial charge on any atom is 0.282 e. The molecule has 1 heterocycles. The van der Waals surface area contributed by atoms with Crippen LogP contribution in [0.5, 0.6) is 0 Å². The van der Waals surface area contributed by atoms with Gasteiger partial charge in [-0.2, -0.15) is 8.42 Å². The topological polar surface area (TPSA) is 154 Å². The van der Waals surface area contributed by atoms with Crippen LogP contribution in [0.4, 0.5) is 14.5 Å². The first-order valence-electron chi connectivity index (χ1n) is 16.5. The van der Waals surface area contributed by atoms with E-state index in [0.29, 0.717) is 32.5 Å². The van der Waals surface area contributed by atoms with Crippen molar-refractivity contribution in [2.24, 2.45) is 0 Å². The summed E-state index contributed by atoms with van der Waals surface area (Å²) in [5.41, 5.74) is 2.22. The number of oxazole rings is 1. The van der Waals surface area contributed by atoms with Gasteiger partial charge in [-0.1, -0.05) is 45.0 Å². The summed E-state index contributed by atoms with van der Waals surface area (Å²) in [6.07, 6.45) is 2.74. The molecule has 0 aliphatic rings. The normalized spacial score (nSPS) is 12.7. The van der Waals surface area contributed by atoms with Crippen molar-refractivity contribution in [3.8, 4) is 0 Å². The smallest absolute Gasteiger partial charge is 0.282 e. The van der Waals surface area contributed by atoms with Crippen LogP contribution in [0.1, 0.15) is 71.0 Å². The number of hydrogen-bond donors (Lipinski definition) is 4. The number of rotatable bonds is 18. The summed E-state index contributed by atoms with van der Waals surface area (Å²) in [4.78, 5) is 32.8. The minimum atomic E-state index is -4.25. The van der Waals surface area contributed by atoms with E-state index in [4.69, 9.17) is 4.42 Å². The molecule has 11 nitrogen and oxygen atoms in total. The number of sulfonamides is 1. The van der Waals surface area contributed by atoms with E-state index < -0.39 is 50.6 Å². The van der Waals surface area contributed by atoms with Crippen molar-refractivity contribution in [3.05, 3.63) is 113 Å². The molecule has 3 aromatic carbocycles. The van der Waals surface area contributed by atoms with Crippen LogP contribution in [0.3, 0.4) is 0 Å². The van der Waals surface area contributed by atoms with Crippen LogP contribution in [0.15, 0.2) is 82.8 Å². The number of amides is 2. The second-order valence-corrected chi connectivity index (χ2v) is 13.6. The zero-order valence-corrected chi connectivity index (χ0v) is 29.1. The van der Waals surface area contributed by atoms with Gasteiger partial charge in [0.15, 0.2) is 6.39 Å². The summed E-state index contributed by atoms with van der Waals surface area (Å²) in [5.74, 6) is -2.79. The highest BCUT2D eigenvalue weighted by Gasteiger charge is 2.26. The van der Waals surface area contributed by atoms with E-state index in [-0.39, 0.29) is 35.3 Å². The Bertz CT molecular complexity index is 1830. The molecule has 4 rings (SSSR count). The second-order valence-electron chi connectivity index (χ2n) is 12.0. The van der Waals surface area contributed by atoms with Gasteiger partial charge in [-0.05, 0) is 72.7 Å². The Balaban J connectivity index is 1.64. The lowest BCUT2D eigenvalue weighted by molar-refractivity contribution is 0.0755. The lowest BCUT2D eigenvalue weighted by Gasteiger charge is -2.26. The number of nitrogens with one attached hydrogen (secondary N) is 3. The monoisotopic (exact) mass is 711 g/mol. The summed E-state index contributed by atoms with van der Waals surface area (Å²) >= 11 is 0. The van der Waals surface area contributed by atoms with Crippen molar-refractivity contribution in [2.45, 2.75) is 70.2 Å². The van der Waals surface area contributed by atoms with E-state index in [1.54, 1.807) is 4.90 Å². The maximum absolute atomic E-state index is 14.1. The molecule has 268 valence electrons. The molecule has 14 heteroatoms. The molecule has 0 spiro atoms. The van der Waals surface area contributed by atoms with Crippen molar-refractivity contribution >= 4 is 27.5 Å². The first kappa shape index (κ1) is 38.1. The molecule has 4 N–H and O–H groups in total. The predicted octanol–water partition coefficient (Wildman–Crippen LogP) is 5.07. The van der Waals surface area contributed by atoms with Crippen molar-refractivity contribution < 1.29 is 36.3 Å². The van der Waals surface area contributed by atoms with Crippen molar-refractivity contribution in [1.82, 2.24) is 20.5 Å². The van der Waals surface area contributed by atoms with Crippen LogP contribution in [0, 0.1) is 11.6 Å². The first-order valence-corrected chi connectivity index (χ1v) is 18.0. The van der Waals surface area contributed by atoms with E-state index in [1.807, 2.05) is 45.0 Å². The summed E-state index contributed by atoms with van der Waals surface area (Å²) < 4.78 is 61.4. The van der Waals surface area contributed by atoms with Crippen molar-refractivity contribution in [2.75, 3.05) is 24.4 Å². The van der Waals surface area contributed by atoms with Gasteiger partial charge in [0.2, 0.25) is 5.03 Å². The van der Waals surface area contributed by atoms with Crippen molar-refractivity contribution in [3.63, 3.8) is 0 Å². The van der Waals surface area contributed by atoms with Gasteiger partial charge in [-0.25, -0.2) is 13.8 Å². The molecule has 0 unspecified atom stereocenters. The lowest BCUT2D eigenvalue weighted by Crippen LogP contribution is -2.48. The molecule has 2 amide bonds. The summed E-state index contributed by atoms with van der Waals surface area (Å²) in [6, 6.07) is 13.8. The third kappa shape index (κ3) is 10.7. The Morgan fingerprint density at radius 2 is 1.60 bits per heavy atom. The van der Waals surface area contributed by atoms with Gasteiger partial charge in [0.25, 0.3) is 21.8 Å². The van der Waals surface area contributed by atoms with Crippen LogP contribution < -0.4 is 15.4 Å². The van der Waals surface area contributed by atoms with E-state index in [1.165, 1.54) is 18.2 Å². The summed E-state index contributed by atoms with van der Waals surface area (Å²) in [6.45, 7) is 7.21. The number of aryl methyl sites for hydroxylation is 1. The molecular formula is C36H43F2N5O6S. The van der Waals surface area contributed by atoms with E-state index in [9.17, 15) is 31.9 Å². The molecule has 0 saturated heterocycles. The van der Waals surface area contributed by atoms with Gasteiger partial charge in [0, 0.05) is 43.4 Å². The fourth-order valence-electron chi connectivity index (χ4n) is 5.50. The van der Waals surface area contributed by atoms with Crippen LogP contribution in [0.25, 0.3) is 0 Å². The van der Waals surface area contributed by atoms with Crippen LogP contribution in [0.2, 0.25) is 0 Å². The summed E-state index contributed by atoms with van der Waals surface area (Å²) in [5, 5.41) is 16.8. The molecule has 50 heavy (non-hydrogen) atoms. The van der Waals surface area contributed by atoms with E-state index >= 15 is 0 Å². The number of nitrogens with zero attached hydrogens (tertiary/aromatic N) is 2. The molecule has 0 saturated carbocycles. The summed E-state index contributed by atoms with van der Waals surface area (Å²) in [7, 11) is -4.25. The van der Waals surface area contributed by atoms with Crippen molar-refractivity contribution in [1.29, 1.82) is 0 Å². The van der Waals surface area contributed by atoms with Gasteiger partial charge in [0.1, 0.15) is 17.9 Å². The fraction of sp³-hybridized carbons (Fsp3) is 0.361. The number of carbonyl (C=O) groups is 2. The van der Waals surface area contributed by atoms with E-state index in [0.717, 1.165) is 48.4 Å². The zero-order valence-electron chi connectivity index (χ0n) is 28.3. The van der Waals surface area contributed by atoms with Gasteiger partial charge >= 0.3 is 0 Å². The number of aliphatic hydroxyl groups is 1. The second kappa shape index (κ2) is 17.8. The molecule has 1 aromatic heterocycles.